The number of benzene rings is 1. The van der Waals surface area contributed by atoms with Gasteiger partial charge in [-0.3, -0.25) is 9.78 Å². The van der Waals surface area contributed by atoms with Crippen molar-refractivity contribution in [3.05, 3.63) is 53.5 Å². The highest BCUT2D eigenvalue weighted by Crippen LogP contribution is 2.46. The number of hydrogen-bond donors (Lipinski definition) is 3. The Morgan fingerprint density at radius 3 is 2.82 bits per heavy atom. The number of nitrogens with one attached hydrogen (secondary N) is 2. The minimum atomic E-state index is -0.874. The van der Waals surface area contributed by atoms with Crippen molar-refractivity contribution in [2.75, 3.05) is 24.8 Å². The maximum absolute atomic E-state index is 14.8. The minimum Gasteiger partial charge on any atom is -0.481 e. The molecule has 0 radical (unpaired) electrons. The molecule has 38 heavy (non-hydrogen) atoms. The first-order valence-electron chi connectivity index (χ1n) is 12.5. The summed E-state index contributed by atoms with van der Waals surface area (Å²) < 4.78 is 26.4. The number of anilines is 1. The molecular weight excluding hydrogens is 531 g/mol. The molecule has 202 valence electrons. The summed E-state index contributed by atoms with van der Waals surface area (Å²) in [4.78, 5) is 21.4. The van der Waals surface area contributed by atoms with E-state index in [1.54, 1.807) is 23.9 Å². The summed E-state index contributed by atoms with van der Waals surface area (Å²) in [6.07, 6.45) is 3.46. The van der Waals surface area contributed by atoms with E-state index in [4.69, 9.17) is 9.47 Å². The number of aliphatic hydroxyl groups excluding tert-OH is 1. The Balaban J connectivity index is 0.00000294. The summed E-state index contributed by atoms with van der Waals surface area (Å²) in [6.45, 7) is 1.14. The SMILES string of the molecule is COc1ccc2ncc(F)c(CC(O)C34CCC(NCc5ccc6c(c5)NC(=O)CS6)(CC3)CO4)c2n1.Cl. The number of rotatable bonds is 7. The Hall–Kier alpha value is -2.50. The van der Waals surface area contributed by atoms with Gasteiger partial charge in [-0.15, -0.1) is 24.2 Å². The second-order valence-electron chi connectivity index (χ2n) is 10.2. The number of nitrogens with zero attached hydrogens (tertiary/aromatic N) is 2. The van der Waals surface area contributed by atoms with Gasteiger partial charge in [0.2, 0.25) is 11.8 Å². The first-order valence-corrected chi connectivity index (χ1v) is 13.5. The van der Waals surface area contributed by atoms with Gasteiger partial charge in [-0.1, -0.05) is 6.07 Å². The van der Waals surface area contributed by atoms with Gasteiger partial charge in [0.05, 0.1) is 54.1 Å². The highest BCUT2D eigenvalue weighted by Gasteiger charge is 2.53. The molecule has 7 rings (SSSR count). The first-order chi connectivity index (χ1) is 17.9. The van der Waals surface area contributed by atoms with Crippen molar-refractivity contribution in [1.82, 2.24) is 15.3 Å². The number of aliphatic hydroxyl groups is 1. The molecule has 3 fully saturated rings. The maximum Gasteiger partial charge on any atom is 0.234 e. The van der Waals surface area contributed by atoms with Gasteiger partial charge in [-0.25, -0.2) is 9.37 Å². The van der Waals surface area contributed by atoms with Crippen molar-refractivity contribution in [2.24, 2.45) is 0 Å². The molecule has 2 aromatic heterocycles. The molecule has 0 spiro atoms. The summed E-state index contributed by atoms with van der Waals surface area (Å²) >= 11 is 1.55. The molecule has 11 heteroatoms. The second kappa shape index (κ2) is 10.6. The van der Waals surface area contributed by atoms with E-state index in [1.807, 2.05) is 6.07 Å². The van der Waals surface area contributed by atoms with E-state index >= 15 is 0 Å². The summed E-state index contributed by atoms with van der Waals surface area (Å²) in [6, 6.07) is 9.59. The number of ether oxygens (including phenoxy) is 2. The number of pyridine rings is 2. The lowest BCUT2D eigenvalue weighted by atomic mass is 9.68. The zero-order chi connectivity index (χ0) is 25.6. The third-order valence-corrected chi connectivity index (χ3v) is 9.06. The fourth-order valence-electron chi connectivity index (χ4n) is 5.67. The molecule has 1 saturated carbocycles. The van der Waals surface area contributed by atoms with Crippen molar-refractivity contribution < 1.29 is 23.8 Å². The smallest absolute Gasteiger partial charge is 0.234 e. The molecule has 5 heterocycles. The van der Waals surface area contributed by atoms with Crippen LogP contribution in [0.1, 0.15) is 36.8 Å². The van der Waals surface area contributed by atoms with Crippen LogP contribution in [0.3, 0.4) is 0 Å². The molecule has 3 N–H and O–H groups in total. The van der Waals surface area contributed by atoms with Crippen LogP contribution >= 0.6 is 24.2 Å². The third kappa shape index (κ3) is 4.96. The Labute approximate surface area is 230 Å². The second-order valence-corrected chi connectivity index (χ2v) is 11.2. The molecule has 4 aliphatic rings. The van der Waals surface area contributed by atoms with Crippen LogP contribution in [0, 0.1) is 5.82 Å². The summed E-state index contributed by atoms with van der Waals surface area (Å²) in [5.74, 6) is 0.355. The van der Waals surface area contributed by atoms with Crippen LogP contribution in [0.25, 0.3) is 11.0 Å². The van der Waals surface area contributed by atoms with E-state index in [0.717, 1.165) is 29.0 Å². The van der Waals surface area contributed by atoms with Crippen LogP contribution in [0.5, 0.6) is 5.88 Å². The number of hydrogen-bond acceptors (Lipinski definition) is 8. The van der Waals surface area contributed by atoms with Gasteiger partial charge in [0, 0.05) is 35.0 Å². The molecule has 1 aromatic carbocycles. The van der Waals surface area contributed by atoms with E-state index in [1.165, 1.54) is 13.3 Å². The van der Waals surface area contributed by atoms with E-state index < -0.39 is 17.5 Å². The zero-order valence-corrected chi connectivity index (χ0v) is 22.6. The number of carbonyl (C=O) groups excluding carboxylic acids is 1. The van der Waals surface area contributed by atoms with Gasteiger partial charge in [-0.05, 0) is 49.4 Å². The van der Waals surface area contributed by atoms with Crippen molar-refractivity contribution in [2.45, 2.75) is 60.8 Å². The number of halogens is 2. The van der Waals surface area contributed by atoms with E-state index in [-0.39, 0.29) is 30.3 Å². The normalized spacial score (nSPS) is 24.9. The first kappa shape index (κ1) is 27.1. The predicted octanol–water partition coefficient (Wildman–Crippen LogP) is 4.02. The van der Waals surface area contributed by atoms with Crippen LogP contribution < -0.4 is 15.4 Å². The fraction of sp³-hybridized carbons (Fsp3) is 0.444. The molecular formula is C27H30ClFN4O4S. The van der Waals surface area contributed by atoms with Crippen molar-refractivity contribution >= 4 is 46.8 Å². The van der Waals surface area contributed by atoms with Crippen molar-refractivity contribution in [3.63, 3.8) is 0 Å². The third-order valence-electron chi connectivity index (χ3n) is 7.99. The van der Waals surface area contributed by atoms with Crippen LogP contribution in [0.15, 0.2) is 41.4 Å². The number of methoxy groups -OCH3 is 1. The highest BCUT2D eigenvalue weighted by atomic mass is 35.5. The standard InChI is InChI=1S/C27H29FN4O4S.ClH/c1-35-24-5-3-19-25(32-24)17(18(28)13-29-19)11-22(33)27-8-6-26(7-9-27,15-36-27)30-12-16-2-4-21-20(10-16)31-23(34)14-37-21;/h2-5,10,13,22,30,33H,6-9,11-12,14-15H2,1H3,(H,31,34);1H. The summed E-state index contributed by atoms with van der Waals surface area (Å²) in [7, 11) is 1.51. The van der Waals surface area contributed by atoms with Crippen molar-refractivity contribution in [3.8, 4) is 5.88 Å². The quantitative estimate of drug-likeness (QED) is 0.398. The lowest BCUT2D eigenvalue weighted by molar-refractivity contribution is -0.208. The number of amides is 1. The molecule has 2 bridgehead atoms. The molecule has 3 aliphatic heterocycles. The number of thioether (sulfide) groups is 1. The molecule has 1 aliphatic carbocycles. The van der Waals surface area contributed by atoms with Crippen LogP contribution in [-0.2, 0) is 22.5 Å². The Bertz CT molecular complexity index is 1350. The maximum atomic E-state index is 14.8. The summed E-state index contributed by atoms with van der Waals surface area (Å²) in [5, 5.41) is 17.9. The van der Waals surface area contributed by atoms with Crippen LogP contribution in [0.4, 0.5) is 10.1 Å². The Morgan fingerprint density at radius 1 is 1.26 bits per heavy atom. The highest BCUT2D eigenvalue weighted by molar-refractivity contribution is 8.00. The summed E-state index contributed by atoms with van der Waals surface area (Å²) in [5.41, 5.74) is 2.37. The molecule has 2 saturated heterocycles. The molecule has 1 unspecified atom stereocenters. The monoisotopic (exact) mass is 560 g/mol. The average Bonchev–Trinajstić information content (AvgIpc) is 2.94. The van der Waals surface area contributed by atoms with Crippen LogP contribution in [0.2, 0.25) is 0 Å². The van der Waals surface area contributed by atoms with Crippen molar-refractivity contribution in [1.29, 1.82) is 0 Å². The zero-order valence-electron chi connectivity index (χ0n) is 21.0. The van der Waals surface area contributed by atoms with Gasteiger partial charge >= 0.3 is 0 Å². The Morgan fingerprint density at radius 2 is 2.08 bits per heavy atom. The minimum absolute atomic E-state index is 0. The van der Waals surface area contributed by atoms with Gasteiger partial charge < -0.3 is 25.2 Å². The van der Waals surface area contributed by atoms with Gasteiger partial charge in [-0.2, -0.15) is 0 Å². The molecule has 1 atom stereocenters. The fourth-order valence-corrected chi connectivity index (χ4v) is 6.46. The molecule has 3 aromatic rings. The number of aromatic nitrogens is 2. The van der Waals surface area contributed by atoms with Gasteiger partial charge in [0.1, 0.15) is 5.82 Å². The van der Waals surface area contributed by atoms with Gasteiger partial charge in [0.15, 0.2) is 0 Å². The average molecular weight is 561 g/mol. The largest absolute Gasteiger partial charge is 0.481 e. The Kier molecular flexibility index (Phi) is 7.54. The lowest BCUT2D eigenvalue weighted by Crippen LogP contribution is -2.65. The van der Waals surface area contributed by atoms with E-state index in [9.17, 15) is 14.3 Å². The molecule has 1 amide bonds. The lowest BCUT2D eigenvalue weighted by Gasteiger charge is -2.55. The predicted molar refractivity (Wildman–Crippen MR) is 146 cm³/mol. The van der Waals surface area contributed by atoms with Gasteiger partial charge in [0.25, 0.3) is 0 Å². The number of fused-ring (bicyclic) bond motifs is 5. The number of carbonyl (C=O) groups is 1. The van der Waals surface area contributed by atoms with E-state index in [0.29, 0.717) is 54.2 Å². The van der Waals surface area contributed by atoms with Crippen LogP contribution in [-0.4, -0.2) is 57.7 Å². The molecule has 8 nitrogen and oxygen atoms in total. The topological polar surface area (TPSA) is 106 Å². The van der Waals surface area contributed by atoms with E-state index in [2.05, 4.69) is 32.7 Å².